The molecule has 0 saturated heterocycles. The van der Waals surface area contributed by atoms with Crippen LogP contribution in [0, 0.1) is 0 Å². The number of carbonyl (C=O) groups excluding carboxylic acids is 3. The molecule has 0 aromatic rings. The van der Waals surface area contributed by atoms with Crippen molar-refractivity contribution in [2.24, 2.45) is 0 Å². The number of rotatable bonds is 44. The van der Waals surface area contributed by atoms with Gasteiger partial charge >= 0.3 is 17.9 Å². The molecule has 0 bridgehead atoms. The summed E-state index contributed by atoms with van der Waals surface area (Å²) in [5.74, 6) is -0.961. The molecule has 0 amide bonds. The third-order valence-corrected chi connectivity index (χ3v) is 10.4. The standard InChI is InChI=1S/C55H92O6/c1-4-7-10-13-16-19-22-25-26-27-28-29-30-31-34-36-39-42-45-48-54(57)60-51-52(61-55(58)49-46-43-40-37-33-24-21-18-15-12-9-6-3)50-59-53(56)47-44-41-38-35-32-23-20-17-14-11-8-5-2/h8-9,11-12,16-22,25,33,37,52H,4-7,10,13-15,23-24,26-32,34-36,38-51H2,1-3H3/b11-8-,12-9-,19-16-,20-17-,21-18-,25-22-,37-33-. The minimum absolute atomic E-state index is 0.0991. The van der Waals surface area contributed by atoms with Crippen molar-refractivity contribution in [2.75, 3.05) is 13.2 Å². The van der Waals surface area contributed by atoms with Crippen molar-refractivity contribution >= 4 is 17.9 Å². The molecule has 0 fully saturated rings. The van der Waals surface area contributed by atoms with Gasteiger partial charge in [0.25, 0.3) is 0 Å². The van der Waals surface area contributed by atoms with Gasteiger partial charge in [0.2, 0.25) is 0 Å². The quantitative estimate of drug-likeness (QED) is 0.0200. The lowest BCUT2D eigenvalue weighted by Gasteiger charge is -2.18. The van der Waals surface area contributed by atoms with E-state index in [0.29, 0.717) is 19.3 Å². The van der Waals surface area contributed by atoms with Crippen LogP contribution in [0.25, 0.3) is 0 Å². The predicted octanol–water partition coefficient (Wildman–Crippen LogP) is 16.4. The van der Waals surface area contributed by atoms with E-state index in [-0.39, 0.29) is 37.5 Å². The van der Waals surface area contributed by atoms with Crippen LogP contribution in [0.4, 0.5) is 0 Å². The molecule has 0 saturated carbocycles. The maximum absolute atomic E-state index is 12.7. The summed E-state index contributed by atoms with van der Waals surface area (Å²) < 4.78 is 16.7. The van der Waals surface area contributed by atoms with Crippen LogP contribution in [0.15, 0.2) is 85.1 Å². The minimum atomic E-state index is -0.802. The number of hydrogen-bond acceptors (Lipinski definition) is 6. The highest BCUT2D eigenvalue weighted by Gasteiger charge is 2.19. The van der Waals surface area contributed by atoms with Gasteiger partial charge < -0.3 is 14.2 Å². The van der Waals surface area contributed by atoms with Crippen LogP contribution < -0.4 is 0 Å². The highest BCUT2D eigenvalue weighted by atomic mass is 16.6. The van der Waals surface area contributed by atoms with Gasteiger partial charge in [-0.25, -0.2) is 0 Å². The van der Waals surface area contributed by atoms with E-state index in [9.17, 15) is 14.4 Å². The van der Waals surface area contributed by atoms with E-state index in [2.05, 4.69) is 106 Å². The van der Waals surface area contributed by atoms with E-state index < -0.39 is 6.10 Å². The molecule has 0 radical (unpaired) electrons. The zero-order valence-corrected chi connectivity index (χ0v) is 39.7. The summed E-state index contributed by atoms with van der Waals surface area (Å²) in [6.07, 6.45) is 62.9. The maximum Gasteiger partial charge on any atom is 0.306 e. The number of unbranched alkanes of at least 4 members (excludes halogenated alkanes) is 20. The predicted molar refractivity (Wildman–Crippen MR) is 261 cm³/mol. The Hall–Kier alpha value is -3.41. The lowest BCUT2D eigenvalue weighted by molar-refractivity contribution is -0.167. The first-order chi connectivity index (χ1) is 30.0. The van der Waals surface area contributed by atoms with Crippen molar-refractivity contribution in [3.8, 4) is 0 Å². The van der Waals surface area contributed by atoms with Crippen LogP contribution in [0.2, 0.25) is 0 Å². The van der Waals surface area contributed by atoms with E-state index in [4.69, 9.17) is 14.2 Å². The summed E-state index contributed by atoms with van der Waals surface area (Å²) in [5.41, 5.74) is 0. The maximum atomic E-state index is 12.7. The molecule has 0 aliphatic heterocycles. The average molecular weight is 849 g/mol. The zero-order valence-electron chi connectivity index (χ0n) is 39.7. The Morgan fingerprint density at radius 3 is 1.13 bits per heavy atom. The van der Waals surface area contributed by atoms with Gasteiger partial charge in [-0.3, -0.25) is 14.4 Å². The van der Waals surface area contributed by atoms with Gasteiger partial charge in [-0.2, -0.15) is 0 Å². The number of hydrogen-bond donors (Lipinski definition) is 0. The fourth-order valence-electron chi connectivity index (χ4n) is 6.66. The smallest absolute Gasteiger partial charge is 0.306 e. The van der Waals surface area contributed by atoms with E-state index in [1.165, 1.54) is 77.0 Å². The Morgan fingerprint density at radius 1 is 0.361 bits per heavy atom. The third kappa shape index (κ3) is 47.5. The van der Waals surface area contributed by atoms with E-state index in [1.54, 1.807) is 0 Å². The van der Waals surface area contributed by atoms with Gasteiger partial charge in [0.15, 0.2) is 6.10 Å². The molecule has 0 aromatic heterocycles. The highest BCUT2D eigenvalue weighted by Crippen LogP contribution is 2.14. The van der Waals surface area contributed by atoms with Crippen molar-refractivity contribution < 1.29 is 28.6 Å². The first kappa shape index (κ1) is 57.6. The SMILES string of the molecule is CC/C=C\C/C=C\C/C=C\CCCCC(=O)OC(COC(=O)CCCCCCC/C=C\C/C=C\CC)COC(=O)CCCCCCCCCCCC/C=C\C=C/CCCCC. The van der Waals surface area contributed by atoms with E-state index in [0.717, 1.165) is 103 Å². The molecular weight excluding hydrogens is 757 g/mol. The van der Waals surface area contributed by atoms with Crippen LogP contribution in [-0.2, 0) is 28.6 Å². The molecule has 0 rings (SSSR count). The number of carbonyl (C=O) groups is 3. The normalized spacial score (nSPS) is 12.8. The average Bonchev–Trinajstić information content (AvgIpc) is 3.26. The van der Waals surface area contributed by atoms with Gasteiger partial charge in [0, 0.05) is 19.3 Å². The number of allylic oxidation sites excluding steroid dienone is 14. The molecule has 1 atom stereocenters. The molecule has 0 aliphatic rings. The molecule has 0 aliphatic carbocycles. The molecule has 0 heterocycles. The summed E-state index contributed by atoms with van der Waals surface area (Å²) in [5, 5.41) is 0. The van der Waals surface area contributed by atoms with Crippen molar-refractivity contribution in [1.29, 1.82) is 0 Å². The first-order valence-corrected chi connectivity index (χ1v) is 25.1. The van der Waals surface area contributed by atoms with Crippen molar-refractivity contribution in [2.45, 2.75) is 232 Å². The monoisotopic (exact) mass is 849 g/mol. The highest BCUT2D eigenvalue weighted by molar-refractivity contribution is 5.71. The zero-order chi connectivity index (χ0) is 44.4. The Bertz CT molecular complexity index is 1200. The second-order valence-corrected chi connectivity index (χ2v) is 16.3. The molecular formula is C55H92O6. The van der Waals surface area contributed by atoms with Gasteiger partial charge in [-0.05, 0) is 103 Å². The molecule has 0 spiro atoms. The molecule has 6 nitrogen and oxygen atoms in total. The fourth-order valence-corrected chi connectivity index (χ4v) is 6.66. The Balaban J connectivity index is 4.39. The minimum Gasteiger partial charge on any atom is -0.462 e. The fraction of sp³-hybridized carbons (Fsp3) is 0.691. The van der Waals surface area contributed by atoms with Gasteiger partial charge in [0.1, 0.15) is 13.2 Å². The number of ether oxygens (including phenoxy) is 3. The summed E-state index contributed by atoms with van der Waals surface area (Å²) in [6, 6.07) is 0. The van der Waals surface area contributed by atoms with Crippen molar-refractivity contribution in [3.05, 3.63) is 85.1 Å². The second kappa shape index (κ2) is 49.2. The van der Waals surface area contributed by atoms with Crippen LogP contribution in [0.5, 0.6) is 0 Å². The van der Waals surface area contributed by atoms with Crippen LogP contribution in [0.1, 0.15) is 226 Å². The van der Waals surface area contributed by atoms with Gasteiger partial charge in [-0.1, -0.05) is 189 Å². The van der Waals surface area contributed by atoms with Crippen molar-refractivity contribution in [1.82, 2.24) is 0 Å². The molecule has 0 aromatic carbocycles. The topological polar surface area (TPSA) is 78.9 Å². The van der Waals surface area contributed by atoms with E-state index >= 15 is 0 Å². The largest absolute Gasteiger partial charge is 0.462 e. The lowest BCUT2D eigenvalue weighted by atomic mass is 10.1. The summed E-state index contributed by atoms with van der Waals surface area (Å²) in [7, 11) is 0. The summed E-state index contributed by atoms with van der Waals surface area (Å²) in [6.45, 7) is 6.33. The first-order valence-electron chi connectivity index (χ1n) is 25.1. The Kier molecular flexibility index (Phi) is 46.5. The van der Waals surface area contributed by atoms with Crippen LogP contribution >= 0.6 is 0 Å². The van der Waals surface area contributed by atoms with Crippen LogP contribution in [-0.4, -0.2) is 37.2 Å². The Labute approximate surface area is 375 Å². The molecule has 61 heavy (non-hydrogen) atoms. The van der Waals surface area contributed by atoms with Crippen molar-refractivity contribution in [3.63, 3.8) is 0 Å². The molecule has 6 heteroatoms. The summed E-state index contributed by atoms with van der Waals surface area (Å²) >= 11 is 0. The lowest BCUT2D eigenvalue weighted by Crippen LogP contribution is -2.30. The van der Waals surface area contributed by atoms with E-state index in [1.807, 2.05) is 0 Å². The van der Waals surface area contributed by atoms with Crippen LogP contribution in [0.3, 0.4) is 0 Å². The Morgan fingerprint density at radius 2 is 0.689 bits per heavy atom. The van der Waals surface area contributed by atoms with Gasteiger partial charge in [-0.15, -0.1) is 0 Å². The second-order valence-electron chi connectivity index (χ2n) is 16.3. The van der Waals surface area contributed by atoms with Gasteiger partial charge in [0.05, 0.1) is 0 Å². The number of esters is 3. The third-order valence-electron chi connectivity index (χ3n) is 10.4. The molecule has 0 N–H and O–H groups in total. The molecule has 348 valence electrons. The summed E-state index contributed by atoms with van der Waals surface area (Å²) in [4.78, 5) is 37.9. The molecule has 1 unspecified atom stereocenters.